The molecule has 0 fully saturated rings. The van der Waals surface area contributed by atoms with Gasteiger partial charge in [0.15, 0.2) is 0 Å². The van der Waals surface area contributed by atoms with Crippen molar-refractivity contribution in [2.75, 3.05) is 0 Å². The van der Waals surface area contributed by atoms with E-state index in [1.807, 2.05) is 18.2 Å². The van der Waals surface area contributed by atoms with E-state index in [4.69, 9.17) is 11.6 Å². The van der Waals surface area contributed by atoms with E-state index in [-0.39, 0.29) is 5.91 Å². The van der Waals surface area contributed by atoms with Crippen molar-refractivity contribution in [1.82, 2.24) is 5.32 Å². The highest BCUT2D eigenvalue weighted by molar-refractivity contribution is 7.18. The lowest BCUT2D eigenvalue weighted by Crippen LogP contribution is -2.22. The molecule has 2 nitrogen and oxygen atoms in total. The van der Waals surface area contributed by atoms with Crippen LogP contribution in [0.4, 0.5) is 0 Å². The van der Waals surface area contributed by atoms with Crippen LogP contribution >= 0.6 is 34.3 Å². The maximum absolute atomic E-state index is 12.1. The molecule has 1 aromatic carbocycles. The van der Waals surface area contributed by atoms with Crippen molar-refractivity contribution in [1.29, 1.82) is 0 Å². The van der Waals surface area contributed by atoms with Gasteiger partial charge in [0.05, 0.1) is 9.21 Å². The highest BCUT2D eigenvalue weighted by Gasteiger charge is 2.10. The van der Waals surface area contributed by atoms with E-state index in [1.165, 1.54) is 16.9 Å². The van der Waals surface area contributed by atoms with Gasteiger partial charge in [0.2, 0.25) is 0 Å². The molecule has 1 N–H and O–H groups in total. The second kappa shape index (κ2) is 6.43. The largest absolute Gasteiger partial charge is 0.347 e. The van der Waals surface area contributed by atoms with Crippen LogP contribution in [0.25, 0.3) is 11.1 Å². The Hall–Kier alpha value is -1.62. The molecule has 1 amide bonds. The van der Waals surface area contributed by atoms with E-state index in [9.17, 15) is 4.79 Å². The Bertz CT molecular complexity index is 749. The van der Waals surface area contributed by atoms with Crippen molar-refractivity contribution >= 4 is 40.2 Å². The minimum Gasteiger partial charge on any atom is -0.347 e. The van der Waals surface area contributed by atoms with Crippen molar-refractivity contribution in [2.24, 2.45) is 0 Å². The normalized spacial score (nSPS) is 10.5. The second-order valence-corrected chi connectivity index (χ2v) is 6.95. The van der Waals surface area contributed by atoms with Crippen molar-refractivity contribution < 1.29 is 4.79 Å². The predicted octanol–water partition coefficient (Wildman–Crippen LogP) is 5.06. The number of thiophene rings is 2. The SMILES string of the molecule is O=C(NCc1ccccc1-c1ccsc1)c1ccc(Cl)s1. The van der Waals surface area contributed by atoms with Gasteiger partial charge in [-0.25, -0.2) is 0 Å². The summed E-state index contributed by atoms with van der Waals surface area (Å²) in [6.45, 7) is 0.500. The van der Waals surface area contributed by atoms with Gasteiger partial charge < -0.3 is 5.32 Å². The van der Waals surface area contributed by atoms with Gasteiger partial charge in [-0.1, -0.05) is 35.9 Å². The molecule has 2 heterocycles. The number of carbonyl (C=O) groups excluding carboxylic acids is 1. The Balaban J connectivity index is 1.75. The average molecular weight is 334 g/mol. The lowest BCUT2D eigenvalue weighted by Gasteiger charge is -2.09. The molecule has 0 spiro atoms. The minimum absolute atomic E-state index is 0.0907. The number of amides is 1. The molecule has 0 atom stereocenters. The number of hydrogen-bond donors (Lipinski definition) is 1. The zero-order valence-corrected chi connectivity index (χ0v) is 13.4. The smallest absolute Gasteiger partial charge is 0.261 e. The van der Waals surface area contributed by atoms with Gasteiger partial charge in [0.1, 0.15) is 0 Å². The van der Waals surface area contributed by atoms with Gasteiger partial charge in [-0.05, 0) is 45.6 Å². The molecule has 3 aromatic rings. The summed E-state index contributed by atoms with van der Waals surface area (Å²) >= 11 is 8.81. The van der Waals surface area contributed by atoms with Crippen LogP contribution in [0.1, 0.15) is 15.2 Å². The van der Waals surface area contributed by atoms with Crippen LogP contribution in [-0.4, -0.2) is 5.91 Å². The van der Waals surface area contributed by atoms with E-state index in [0.29, 0.717) is 15.8 Å². The van der Waals surface area contributed by atoms with Crippen molar-refractivity contribution in [2.45, 2.75) is 6.54 Å². The summed E-state index contributed by atoms with van der Waals surface area (Å²) in [4.78, 5) is 12.7. The summed E-state index contributed by atoms with van der Waals surface area (Å²) in [6, 6.07) is 13.7. The van der Waals surface area contributed by atoms with Crippen LogP contribution in [0.3, 0.4) is 0 Å². The fraction of sp³-hybridized carbons (Fsp3) is 0.0625. The van der Waals surface area contributed by atoms with Crippen LogP contribution < -0.4 is 5.32 Å². The second-order valence-electron chi connectivity index (χ2n) is 4.46. The Morgan fingerprint density at radius 2 is 2.00 bits per heavy atom. The molecule has 2 aromatic heterocycles. The summed E-state index contributed by atoms with van der Waals surface area (Å²) in [5.74, 6) is -0.0907. The first kappa shape index (κ1) is 14.3. The van der Waals surface area contributed by atoms with E-state index >= 15 is 0 Å². The first-order valence-corrected chi connectivity index (χ1v) is 8.52. The van der Waals surface area contributed by atoms with Gasteiger partial charge in [-0.15, -0.1) is 11.3 Å². The zero-order valence-electron chi connectivity index (χ0n) is 11.0. The standard InChI is InChI=1S/C16H12ClNOS2/c17-15-6-5-14(21-15)16(19)18-9-11-3-1-2-4-13(11)12-7-8-20-10-12/h1-8,10H,9H2,(H,18,19). The molecule has 21 heavy (non-hydrogen) atoms. The fourth-order valence-electron chi connectivity index (χ4n) is 2.07. The Kier molecular flexibility index (Phi) is 4.39. The van der Waals surface area contributed by atoms with Crippen LogP contribution in [0.5, 0.6) is 0 Å². The quantitative estimate of drug-likeness (QED) is 0.710. The molecule has 0 aliphatic heterocycles. The molecule has 0 aliphatic rings. The molecule has 0 saturated heterocycles. The molecule has 0 radical (unpaired) electrons. The Labute approximate surface area is 136 Å². The Morgan fingerprint density at radius 3 is 2.71 bits per heavy atom. The minimum atomic E-state index is -0.0907. The fourth-order valence-corrected chi connectivity index (χ4v) is 3.69. The van der Waals surface area contributed by atoms with E-state index in [1.54, 1.807) is 23.5 Å². The first-order chi connectivity index (χ1) is 10.2. The topological polar surface area (TPSA) is 29.1 Å². The van der Waals surface area contributed by atoms with E-state index in [0.717, 1.165) is 11.1 Å². The van der Waals surface area contributed by atoms with Gasteiger partial charge >= 0.3 is 0 Å². The van der Waals surface area contributed by atoms with E-state index < -0.39 is 0 Å². The summed E-state index contributed by atoms with van der Waals surface area (Å²) in [5.41, 5.74) is 3.44. The summed E-state index contributed by atoms with van der Waals surface area (Å²) < 4.78 is 0.624. The lowest BCUT2D eigenvalue weighted by atomic mass is 10.0. The summed E-state index contributed by atoms with van der Waals surface area (Å²) in [6.07, 6.45) is 0. The molecule has 0 unspecified atom stereocenters. The molecule has 3 rings (SSSR count). The van der Waals surface area contributed by atoms with E-state index in [2.05, 4.69) is 28.2 Å². The van der Waals surface area contributed by atoms with Gasteiger partial charge in [-0.3, -0.25) is 4.79 Å². The number of benzene rings is 1. The maximum Gasteiger partial charge on any atom is 0.261 e. The van der Waals surface area contributed by atoms with Crippen molar-refractivity contribution in [3.05, 3.63) is 68.0 Å². The molecule has 0 bridgehead atoms. The predicted molar refractivity (Wildman–Crippen MR) is 90.3 cm³/mol. The first-order valence-electron chi connectivity index (χ1n) is 6.38. The molecule has 0 saturated carbocycles. The molecule has 5 heteroatoms. The van der Waals surface area contributed by atoms with Gasteiger partial charge in [0, 0.05) is 6.54 Å². The molecular formula is C16H12ClNOS2. The highest BCUT2D eigenvalue weighted by Crippen LogP contribution is 2.26. The van der Waals surface area contributed by atoms with Crippen LogP contribution in [0.2, 0.25) is 4.34 Å². The summed E-state index contributed by atoms with van der Waals surface area (Å²) in [5, 5.41) is 7.11. The number of rotatable bonds is 4. The molecular weight excluding hydrogens is 322 g/mol. The molecule has 106 valence electrons. The van der Waals surface area contributed by atoms with Crippen LogP contribution in [0, 0.1) is 0 Å². The number of hydrogen-bond acceptors (Lipinski definition) is 3. The number of halogens is 1. The van der Waals surface area contributed by atoms with Crippen molar-refractivity contribution in [3.63, 3.8) is 0 Å². The Morgan fingerprint density at radius 1 is 1.14 bits per heavy atom. The van der Waals surface area contributed by atoms with Crippen LogP contribution in [-0.2, 0) is 6.54 Å². The third kappa shape index (κ3) is 3.35. The highest BCUT2D eigenvalue weighted by atomic mass is 35.5. The van der Waals surface area contributed by atoms with Gasteiger partial charge in [0.25, 0.3) is 5.91 Å². The number of nitrogens with one attached hydrogen (secondary N) is 1. The average Bonchev–Trinajstić information content (AvgIpc) is 3.16. The third-order valence-electron chi connectivity index (χ3n) is 3.09. The zero-order chi connectivity index (χ0) is 14.7. The number of carbonyl (C=O) groups is 1. The summed E-state index contributed by atoms with van der Waals surface area (Å²) in [7, 11) is 0. The molecule has 0 aliphatic carbocycles. The monoisotopic (exact) mass is 333 g/mol. The van der Waals surface area contributed by atoms with Crippen molar-refractivity contribution in [3.8, 4) is 11.1 Å². The third-order valence-corrected chi connectivity index (χ3v) is 5.00. The maximum atomic E-state index is 12.1. The van der Waals surface area contributed by atoms with Crippen LogP contribution in [0.15, 0.2) is 53.2 Å². The van der Waals surface area contributed by atoms with Gasteiger partial charge in [-0.2, -0.15) is 11.3 Å². The lowest BCUT2D eigenvalue weighted by molar-refractivity contribution is 0.0955.